The van der Waals surface area contributed by atoms with Gasteiger partial charge in [0.05, 0.1) is 5.69 Å². The zero-order chi connectivity index (χ0) is 22.6. The number of benzene rings is 3. The van der Waals surface area contributed by atoms with Crippen molar-refractivity contribution in [1.82, 2.24) is 15.0 Å². The summed E-state index contributed by atoms with van der Waals surface area (Å²) in [5, 5.41) is 5.51. The average molecular weight is 438 g/mol. The summed E-state index contributed by atoms with van der Waals surface area (Å²) in [6.45, 7) is 2.01. The standard InChI is InChI=1S/C30H19N3O/c1-18-5-6-19-9-10-25-24-3-2-4-26(29(24)34-30(25)28(19)33-18)27-16-22(12-14-32-27)20-7-8-23-17-31-13-11-21(23)15-20/h2-17H,1H3. The van der Waals surface area contributed by atoms with Gasteiger partial charge in [0.1, 0.15) is 11.1 Å². The number of fused-ring (bicyclic) bond motifs is 6. The van der Waals surface area contributed by atoms with Crippen molar-refractivity contribution in [2.45, 2.75) is 6.92 Å². The third-order valence-corrected chi connectivity index (χ3v) is 6.47. The van der Waals surface area contributed by atoms with E-state index < -0.39 is 0 Å². The summed E-state index contributed by atoms with van der Waals surface area (Å²) in [5.41, 5.74) is 7.63. The van der Waals surface area contributed by atoms with Crippen LogP contribution in [0.4, 0.5) is 0 Å². The fourth-order valence-electron chi connectivity index (χ4n) is 4.76. The van der Waals surface area contributed by atoms with E-state index in [-0.39, 0.29) is 0 Å². The van der Waals surface area contributed by atoms with Crippen molar-refractivity contribution in [2.75, 3.05) is 0 Å². The molecule has 0 bridgehead atoms. The van der Waals surface area contributed by atoms with Gasteiger partial charge in [-0.25, -0.2) is 4.98 Å². The van der Waals surface area contributed by atoms with Crippen LogP contribution in [-0.2, 0) is 0 Å². The maximum absolute atomic E-state index is 6.50. The lowest BCUT2D eigenvalue weighted by atomic mass is 10.00. The lowest BCUT2D eigenvalue weighted by Gasteiger charge is -2.07. The largest absolute Gasteiger partial charge is 0.453 e. The Balaban J connectivity index is 1.43. The third kappa shape index (κ3) is 2.89. The molecule has 4 aromatic heterocycles. The topological polar surface area (TPSA) is 51.8 Å². The van der Waals surface area contributed by atoms with Gasteiger partial charge in [-0.05, 0) is 65.9 Å². The molecule has 34 heavy (non-hydrogen) atoms. The summed E-state index contributed by atoms with van der Waals surface area (Å²) in [4.78, 5) is 13.7. The van der Waals surface area contributed by atoms with E-state index in [9.17, 15) is 0 Å². The van der Waals surface area contributed by atoms with E-state index in [2.05, 4.69) is 65.6 Å². The normalized spacial score (nSPS) is 11.7. The minimum Gasteiger partial charge on any atom is -0.453 e. The molecule has 160 valence electrons. The lowest BCUT2D eigenvalue weighted by molar-refractivity contribution is 0.672. The van der Waals surface area contributed by atoms with Crippen LogP contribution in [0.2, 0.25) is 0 Å². The molecule has 0 aliphatic heterocycles. The summed E-state index contributed by atoms with van der Waals surface area (Å²) < 4.78 is 6.50. The Morgan fingerprint density at radius 1 is 0.676 bits per heavy atom. The second-order valence-corrected chi connectivity index (χ2v) is 8.62. The predicted octanol–water partition coefficient (Wildman–Crippen LogP) is 7.72. The Kier molecular flexibility index (Phi) is 4.02. The van der Waals surface area contributed by atoms with Crippen LogP contribution >= 0.6 is 0 Å². The van der Waals surface area contributed by atoms with Crippen LogP contribution in [0.5, 0.6) is 0 Å². The molecule has 0 unspecified atom stereocenters. The van der Waals surface area contributed by atoms with Crippen molar-refractivity contribution < 1.29 is 4.42 Å². The van der Waals surface area contributed by atoms with Gasteiger partial charge in [-0.2, -0.15) is 0 Å². The highest BCUT2D eigenvalue weighted by Gasteiger charge is 2.16. The van der Waals surface area contributed by atoms with Gasteiger partial charge in [-0.3, -0.25) is 9.97 Å². The zero-order valence-electron chi connectivity index (χ0n) is 18.5. The van der Waals surface area contributed by atoms with E-state index >= 15 is 0 Å². The Morgan fingerprint density at radius 3 is 2.50 bits per heavy atom. The highest BCUT2D eigenvalue weighted by atomic mass is 16.3. The molecule has 3 aromatic carbocycles. The molecule has 4 heteroatoms. The van der Waals surface area contributed by atoms with Crippen LogP contribution in [0, 0.1) is 6.92 Å². The van der Waals surface area contributed by atoms with Gasteiger partial charge < -0.3 is 4.42 Å². The summed E-state index contributed by atoms with van der Waals surface area (Å²) >= 11 is 0. The van der Waals surface area contributed by atoms with Gasteiger partial charge in [-0.1, -0.05) is 36.4 Å². The fourth-order valence-corrected chi connectivity index (χ4v) is 4.76. The fraction of sp³-hybridized carbons (Fsp3) is 0.0333. The Bertz CT molecular complexity index is 1880. The number of hydrogen-bond donors (Lipinski definition) is 0. The monoisotopic (exact) mass is 437 g/mol. The number of rotatable bonds is 2. The summed E-state index contributed by atoms with van der Waals surface area (Å²) in [7, 11) is 0. The number of pyridine rings is 3. The second-order valence-electron chi connectivity index (χ2n) is 8.62. The molecular weight excluding hydrogens is 418 g/mol. The third-order valence-electron chi connectivity index (χ3n) is 6.47. The van der Waals surface area contributed by atoms with E-state index in [1.54, 1.807) is 0 Å². The SMILES string of the molecule is Cc1ccc2ccc3c4cccc(-c5cc(-c6ccc7cnccc7c6)ccn5)c4oc3c2n1. The van der Waals surface area contributed by atoms with Crippen LogP contribution in [0.3, 0.4) is 0 Å². The minimum atomic E-state index is 0.822. The molecule has 0 N–H and O–H groups in total. The van der Waals surface area contributed by atoms with Gasteiger partial charge in [0.2, 0.25) is 0 Å². The molecule has 4 nitrogen and oxygen atoms in total. The van der Waals surface area contributed by atoms with E-state index in [0.29, 0.717) is 0 Å². The first-order valence-electron chi connectivity index (χ1n) is 11.3. The number of furan rings is 1. The first-order valence-corrected chi connectivity index (χ1v) is 11.3. The van der Waals surface area contributed by atoms with Gasteiger partial charge in [0.25, 0.3) is 0 Å². The van der Waals surface area contributed by atoms with Crippen molar-refractivity contribution >= 4 is 43.6 Å². The molecule has 0 aliphatic rings. The molecule has 0 spiro atoms. The van der Waals surface area contributed by atoms with Gasteiger partial charge in [0, 0.05) is 51.4 Å². The first kappa shape index (κ1) is 18.9. The maximum atomic E-state index is 6.50. The van der Waals surface area contributed by atoms with E-state index in [0.717, 1.165) is 66.3 Å². The number of nitrogens with zero attached hydrogens (tertiary/aromatic N) is 3. The van der Waals surface area contributed by atoms with Crippen molar-refractivity contribution in [1.29, 1.82) is 0 Å². The number of hydrogen-bond acceptors (Lipinski definition) is 4. The first-order chi connectivity index (χ1) is 16.7. The van der Waals surface area contributed by atoms with Crippen molar-refractivity contribution in [3.05, 3.63) is 103 Å². The highest BCUT2D eigenvalue weighted by molar-refractivity contribution is 6.16. The number of aryl methyl sites for hydroxylation is 1. The minimum absolute atomic E-state index is 0.822. The van der Waals surface area contributed by atoms with E-state index in [4.69, 9.17) is 14.4 Å². The molecular formula is C30H19N3O. The molecule has 0 fully saturated rings. The van der Waals surface area contributed by atoms with E-state index in [1.165, 1.54) is 5.39 Å². The van der Waals surface area contributed by atoms with Crippen LogP contribution < -0.4 is 0 Å². The number of aromatic nitrogens is 3. The van der Waals surface area contributed by atoms with Crippen LogP contribution in [-0.4, -0.2) is 15.0 Å². The molecule has 7 aromatic rings. The average Bonchev–Trinajstić information content (AvgIpc) is 3.28. The molecule has 0 saturated carbocycles. The Morgan fingerprint density at radius 2 is 1.53 bits per heavy atom. The molecule has 0 radical (unpaired) electrons. The van der Waals surface area contributed by atoms with E-state index in [1.807, 2.05) is 43.7 Å². The summed E-state index contributed by atoms with van der Waals surface area (Å²) in [6, 6.07) is 27.2. The summed E-state index contributed by atoms with van der Waals surface area (Å²) in [6.07, 6.45) is 5.58. The molecule has 0 amide bonds. The Labute approximate surface area is 195 Å². The van der Waals surface area contributed by atoms with Crippen LogP contribution in [0.1, 0.15) is 5.69 Å². The van der Waals surface area contributed by atoms with Crippen molar-refractivity contribution in [2.24, 2.45) is 0 Å². The predicted molar refractivity (Wildman–Crippen MR) is 138 cm³/mol. The van der Waals surface area contributed by atoms with Crippen LogP contribution in [0.25, 0.3) is 66.0 Å². The van der Waals surface area contributed by atoms with Gasteiger partial charge >= 0.3 is 0 Å². The van der Waals surface area contributed by atoms with Crippen molar-refractivity contribution in [3.63, 3.8) is 0 Å². The van der Waals surface area contributed by atoms with Gasteiger partial charge in [0.15, 0.2) is 5.58 Å². The highest BCUT2D eigenvalue weighted by Crippen LogP contribution is 2.38. The maximum Gasteiger partial charge on any atom is 0.161 e. The summed E-state index contributed by atoms with van der Waals surface area (Å²) in [5.74, 6) is 0. The quantitative estimate of drug-likeness (QED) is 0.278. The smallest absolute Gasteiger partial charge is 0.161 e. The molecule has 7 rings (SSSR count). The lowest BCUT2D eigenvalue weighted by Crippen LogP contribution is -1.86. The zero-order valence-corrected chi connectivity index (χ0v) is 18.5. The van der Waals surface area contributed by atoms with Crippen LogP contribution in [0.15, 0.2) is 102 Å². The molecule has 0 atom stereocenters. The number of para-hydroxylation sites is 1. The second kappa shape index (κ2) is 7.22. The van der Waals surface area contributed by atoms with Gasteiger partial charge in [-0.15, -0.1) is 0 Å². The molecule has 0 aliphatic carbocycles. The van der Waals surface area contributed by atoms with Crippen molar-refractivity contribution in [3.8, 4) is 22.4 Å². The molecule has 4 heterocycles. The Hall–Kier alpha value is -4.57. The molecule has 0 saturated heterocycles.